The van der Waals surface area contributed by atoms with E-state index in [2.05, 4.69) is 5.32 Å². The van der Waals surface area contributed by atoms with E-state index in [0.717, 1.165) is 5.56 Å². The number of nitrogens with one attached hydrogen (secondary N) is 1. The number of esters is 2. The first-order valence-corrected chi connectivity index (χ1v) is 11.9. The molecule has 11 heteroatoms. The van der Waals surface area contributed by atoms with Crippen LogP contribution >= 0.6 is 0 Å². The van der Waals surface area contributed by atoms with Gasteiger partial charge in [-0.3, -0.25) is 10.1 Å². The predicted octanol–water partition coefficient (Wildman–Crippen LogP) is 2.87. The lowest BCUT2D eigenvalue weighted by molar-refractivity contribution is -0.384. The number of rotatable bonds is 11. The maximum Gasteiger partial charge on any atom is 0.336 e. The van der Waals surface area contributed by atoms with E-state index in [9.17, 15) is 24.8 Å². The number of dihydropyridines is 1. The molecular weight excluding hydrogens is 496 g/mol. The summed E-state index contributed by atoms with van der Waals surface area (Å²) in [6.45, 7) is 3.16. The van der Waals surface area contributed by atoms with Gasteiger partial charge in [-0.25, -0.2) is 9.59 Å². The van der Waals surface area contributed by atoms with Crippen LogP contribution in [0.25, 0.3) is 0 Å². The monoisotopic (exact) mass is 526 g/mol. The average molecular weight is 527 g/mol. The minimum atomic E-state index is -1.11. The summed E-state index contributed by atoms with van der Waals surface area (Å²) in [4.78, 5) is 36.9. The highest BCUT2D eigenvalue weighted by molar-refractivity contribution is 5.99. The Balaban J connectivity index is 1.79. The van der Waals surface area contributed by atoms with Crippen LogP contribution < -0.4 is 10.1 Å². The smallest absolute Gasteiger partial charge is 0.336 e. The molecule has 2 unspecified atom stereocenters. The fraction of sp³-hybridized carbons (Fsp3) is 0.333. The van der Waals surface area contributed by atoms with Crippen LogP contribution in [0.5, 0.6) is 5.75 Å². The first-order valence-electron chi connectivity index (χ1n) is 11.9. The molecule has 0 bridgehead atoms. The van der Waals surface area contributed by atoms with Gasteiger partial charge in [0.15, 0.2) is 6.29 Å². The summed E-state index contributed by atoms with van der Waals surface area (Å²) >= 11 is 0. The van der Waals surface area contributed by atoms with E-state index in [1.807, 2.05) is 0 Å². The Kier molecular flexibility index (Phi) is 9.58. The molecule has 1 heterocycles. The number of aliphatic hydroxyl groups is 2. The van der Waals surface area contributed by atoms with E-state index in [1.165, 1.54) is 25.3 Å². The van der Waals surface area contributed by atoms with Crippen LogP contribution in [0.3, 0.4) is 0 Å². The first-order chi connectivity index (χ1) is 18.2. The van der Waals surface area contributed by atoms with Gasteiger partial charge in [-0.1, -0.05) is 24.3 Å². The van der Waals surface area contributed by atoms with Gasteiger partial charge in [0.05, 0.1) is 35.7 Å². The Morgan fingerprint density at radius 1 is 1.08 bits per heavy atom. The fourth-order valence-corrected chi connectivity index (χ4v) is 4.20. The molecule has 2 aromatic carbocycles. The second-order valence-corrected chi connectivity index (χ2v) is 8.59. The van der Waals surface area contributed by atoms with Gasteiger partial charge in [0.25, 0.3) is 5.69 Å². The van der Waals surface area contributed by atoms with Crippen LogP contribution in [0.1, 0.15) is 37.3 Å². The lowest BCUT2D eigenvalue weighted by Crippen LogP contribution is -2.32. The maximum absolute atomic E-state index is 13.3. The van der Waals surface area contributed by atoms with Crippen molar-refractivity contribution in [1.29, 1.82) is 0 Å². The van der Waals surface area contributed by atoms with Gasteiger partial charge < -0.3 is 29.7 Å². The van der Waals surface area contributed by atoms with E-state index in [-0.39, 0.29) is 36.5 Å². The summed E-state index contributed by atoms with van der Waals surface area (Å²) in [5, 5.41) is 32.9. The highest BCUT2D eigenvalue weighted by Crippen LogP contribution is 2.40. The largest absolute Gasteiger partial charge is 0.466 e. The van der Waals surface area contributed by atoms with Crippen molar-refractivity contribution >= 4 is 17.6 Å². The number of benzene rings is 2. The van der Waals surface area contributed by atoms with Gasteiger partial charge in [0, 0.05) is 43.0 Å². The third-order valence-electron chi connectivity index (χ3n) is 6.00. The molecule has 38 heavy (non-hydrogen) atoms. The predicted molar refractivity (Wildman–Crippen MR) is 136 cm³/mol. The molecule has 0 saturated carbocycles. The molecule has 0 spiro atoms. The van der Waals surface area contributed by atoms with Crippen molar-refractivity contribution in [3.63, 3.8) is 0 Å². The molecule has 2 aromatic rings. The summed E-state index contributed by atoms with van der Waals surface area (Å²) in [7, 11) is 1.22. The summed E-state index contributed by atoms with van der Waals surface area (Å²) < 4.78 is 15.8. The van der Waals surface area contributed by atoms with Crippen LogP contribution in [0.15, 0.2) is 71.1 Å². The zero-order valence-electron chi connectivity index (χ0n) is 21.3. The van der Waals surface area contributed by atoms with Gasteiger partial charge >= 0.3 is 11.9 Å². The van der Waals surface area contributed by atoms with Crippen molar-refractivity contribution in [2.75, 3.05) is 20.3 Å². The molecule has 2 atom stereocenters. The quantitative estimate of drug-likeness (QED) is 0.172. The molecule has 0 saturated heterocycles. The van der Waals surface area contributed by atoms with Crippen LogP contribution in [0.4, 0.5) is 5.69 Å². The number of allylic oxidation sites excluding steroid dienone is 2. The Hall–Kier alpha value is -4.22. The zero-order chi connectivity index (χ0) is 27.8. The number of nitrogens with zero attached hydrogens (tertiary/aromatic N) is 1. The van der Waals surface area contributed by atoms with Gasteiger partial charge in [-0.15, -0.1) is 0 Å². The molecule has 0 fully saturated rings. The lowest BCUT2D eigenvalue weighted by Gasteiger charge is -2.30. The van der Waals surface area contributed by atoms with Crippen molar-refractivity contribution in [2.45, 2.75) is 38.9 Å². The standard InChI is InChI=1S/C27H30N2O9/c1-16-23(26(32)36-3)25(19-5-4-6-20(15-19)29(34)35)24(17(2)28-16)27(33)37-14-12-18-7-9-21(10-8-18)38-22(31)11-13-30/h4-10,15,22,25,28,30-31H,11-14H2,1-3H3. The van der Waals surface area contributed by atoms with Crippen LogP contribution in [0, 0.1) is 10.1 Å². The second-order valence-electron chi connectivity index (χ2n) is 8.59. The fourth-order valence-electron chi connectivity index (χ4n) is 4.20. The number of aliphatic hydroxyl groups excluding tert-OH is 2. The minimum absolute atomic E-state index is 0.0286. The number of carbonyl (C=O) groups excluding carboxylic acids is 2. The summed E-state index contributed by atoms with van der Waals surface area (Å²) in [5.41, 5.74) is 2.28. The molecular formula is C27H30N2O9. The SMILES string of the molecule is COC(=O)C1=C(C)NC(C)=C(C(=O)OCCc2ccc(OC(O)CCO)cc2)C1c1cccc([N+](=O)[O-])c1. The first kappa shape index (κ1) is 28.4. The van der Waals surface area contributed by atoms with Gasteiger partial charge in [-0.2, -0.15) is 0 Å². The normalized spacial score (nSPS) is 16.0. The Morgan fingerprint density at radius 2 is 1.74 bits per heavy atom. The second kappa shape index (κ2) is 12.8. The number of non-ortho nitro benzene ring substituents is 1. The van der Waals surface area contributed by atoms with Crippen molar-refractivity contribution in [3.05, 3.63) is 92.3 Å². The molecule has 3 rings (SSSR count). The van der Waals surface area contributed by atoms with Gasteiger partial charge in [-0.05, 0) is 37.1 Å². The van der Waals surface area contributed by atoms with E-state index >= 15 is 0 Å². The number of ether oxygens (including phenoxy) is 3. The molecule has 0 amide bonds. The van der Waals surface area contributed by atoms with Crippen molar-refractivity contribution in [3.8, 4) is 5.75 Å². The Labute approximate surface area is 219 Å². The molecule has 1 aliphatic rings. The molecule has 11 nitrogen and oxygen atoms in total. The highest BCUT2D eigenvalue weighted by Gasteiger charge is 2.38. The minimum Gasteiger partial charge on any atom is -0.466 e. The van der Waals surface area contributed by atoms with E-state index < -0.39 is 29.1 Å². The molecule has 202 valence electrons. The van der Waals surface area contributed by atoms with Gasteiger partial charge in [0.2, 0.25) is 0 Å². The maximum atomic E-state index is 13.3. The van der Waals surface area contributed by atoms with Crippen molar-refractivity contribution in [2.24, 2.45) is 0 Å². The van der Waals surface area contributed by atoms with Gasteiger partial charge in [0.1, 0.15) is 5.75 Å². The van der Waals surface area contributed by atoms with E-state index in [0.29, 0.717) is 29.1 Å². The van der Waals surface area contributed by atoms with Crippen molar-refractivity contribution in [1.82, 2.24) is 5.32 Å². The van der Waals surface area contributed by atoms with E-state index in [4.69, 9.17) is 19.3 Å². The number of nitro benzene ring substituents is 1. The molecule has 0 aliphatic carbocycles. The number of methoxy groups -OCH3 is 1. The Bertz CT molecular complexity index is 1250. The van der Waals surface area contributed by atoms with Crippen LogP contribution in [-0.4, -0.2) is 53.7 Å². The number of hydrogen-bond acceptors (Lipinski definition) is 10. The molecule has 1 aliphatic heterocycles. The molecule has 0 aromatic heterocycles. The molecule has 3 N–H and O–H groups in total. The average Bonchev–Trinajstić information content (AvgIpc) is 2.89. The molecule has 0 radical (unpaired) electrons. The summed E-state index contributed by atoms with van der Waals surface area (Å²) in [6, 6.07) is 12.6. The van der Waals surface area contributed by atoms with Crippen LogP contribution in [-0.2, 0) is 25.5 Å². The third-order valence-corrected chi connectivity index (χ3v) is 6.00. The summed E-state index contributed by atoms with van der Waals surface area (Å²) in [6.07, 6.45) is -0.643. The number of carbonyl (C=O) groups is 2. The zero-order valence-corrected chi connectivity index (χ0v) is 21.3. The highest BCUT2D eigenvalue weighted by atomic mass is 16.6. The van der Waals surface area contributed by atoms with Crippen molar-refractivity contribution < 1.29 is 38.9 Å². The topological polar surface area (TPSA) is 157 Å². The number of hydrogen-bond donors (Lipinski definition) is 3. The third kappa shape index (κ3) is 6.75. The summed E-state index contributed by atoms with van der Waals surface area (Å²) in [5.74, 6) is -1.85. The number of nitro groups is 1. The van der Waals surface area contributed by atoms with Crippen LogP contribution in [0.2, 0.25) is 0 Å². The lowest BCUT2D eigenvalue weighted by atomic mass is 9.80. The Morgan fingerprint density at radius 3 is 2.34 bits per heavy atom. The van der Waals surface area contributed by atoms with E-state index in [1.54, 1.807) is 44.2 Å².